The molecule has 36 heavy (non-hydrogen) atoms. The third kappa shape index (κ3) is 10.7. The zero-order valence-electron chi connectivity index (χ0n) is 21.5. The number of carbonyl (C=O) groups is 2. The lowest BCUT2D eigenvalue weighted by molar-refractivity contribution is -0.142. The molecule has 1 aliphatic rings. The Hall–Kier alpha value is -3.75. The molecule has 1 unspecified atom stereocenters. The average molecular weight is 499 g/mol. The number of amides is 1. The van der Waals surface area contributed by atoms with E-state index in [0.29, 0.717) is 24.4 Å². The van der Waals surface area contributed by atoms with Crippen LogP contribution in [0.25, 0.3) is 11.0 Å². The second-order valence-corrected chi connectivity index (χ2v) is 8.12. The molecular weight excluding hydrogens is 456 g/mol. The Bertz CT molecular complexity index is 1080. The number of aryl methyl sites for hydroxylation is 1. The van der Waals surface area contributed by atoms with Gasteiger partial charge in [0, 0.05) is 25.4 Å². The molecule has 3 rings (SSSR count). The van der Waals surface area contributed by atoms with Crippen LogP contribution in [0.4, 0.5) is 5.82 Å². The summed E-state index contributed by atoms with van der Waals surface area (Å²) in [5.41, 5.74) is 9.86. The van der Waals surface area contributed by atoms with Gasteiger partial charge in [-0.15, -0.1) is 0 Å². The molecule has 9 nitrogen and oxygen atoms in total. The van der Waals surface area contributed by atoms with Gasteiger partial charge >= 0.3 is 5.97 Å². The second-order valence-electron chi connectivity index (χ2n) is 8.12. The largest absolute Gasteiger partial charge is 0.480 e. The number of carboxylic acids is 1. The number of hydrogen-bond donors (Lipinski definition) is 4. The molecule has 0 radical (unpaired) electrons. The Labute approximate surface area is 215 Å². The SMILES string of the molecule is C.CC.CC(=O)NC(CC(C)C)C(=O)O.Cc1c(CNC2=CCC=CC=C2)cnc2ncnc(N)c12. The van der Waals surface area contributed by atoms with Gasteiger partial charge in [0.05, 0.1) is 5.39 Å². The number of nitrogens with two attached hydrogens (primary N) is 1. The van der Waals surface area contributed by atoms with Gasteiger partial charge in [-0.3, -0.25) is 4.79 Å². The number of nitrogens with one attached hydrogen (secondary N) is 2. The van der Waals surface area contributed by atoms with Crippen LogP contribution in [0.2, 0.25) is 0 Å². The number of hydrogen-bond acceptors (Lipinski definition) is 7. The van der Waals surface area contributed by atoms with Crippen molar-refractivity contribution in [1.29, 1.82) is 0 Å². The molecule has 0 spiro atoms. The van der Waals surface area contributed by atoms with Crippen molar-refractivity contribution in [2.75, 3.05) is 5.73 Å². The van der Waals surface area contributed by atoms with Crippen molar-refractivity contribution in [3.05, 3.63) is 59.7 Å². The topological polar surface area (TPSA) is 143 Å². The van der Waals surface area contributed by atoms with Gasteiger partial charge in [-0.25, -0.2) is 19.7 Å². The van der Waals surface area contributed by atoms with Crippen molar-refractivity contribution in [2.24, 2.45) is 5.92 Å². The molecule has 0 saturated carbocycles. The first kappa shape index (κ1) is 32.2. The van der Waals surface area contributed by atoms with Gasteiger partial charge in [-0.1, -0.05) is 59.4 Å². The first-order valence-electron chi connectivity index (χ1n) is 11.8. The number of pyridine rings is 1. The molecule has 0 saturated heterocycles. The number of aliphatic carboxylic acids is 1. The third-order valence-electron chi connectivity index (χ3n) is 4.92. The number of allylic oxidation sites excluding steroid dienone is 5. The fraction of sp³-hybridized carbons (Fsp3) is 0.444. The van der Waals surface area contributed by atoms with Crippen molar-refractivity contribution in [1.82, 2.24) is 25.6 Å². The number of nitrogens with zero attached hydrogens (tertiary/aromatic N) is 3. The van der Waals surface area contributed by atoms with Gasteiger partial charge in [-0.05, 0) is 42.9 Å². The van der Waals surface area contributed by atoms with Gasteiger partial charge in [0.1, 0.15) is 18.2 Å². The summed E-state index contributed by atoms with van der Waals surface area (Å²) in [5.74, 6) is -0.537. The summed E-state index contributed by atoms with van der Waals surface area (Å²) in [7, 11) is 0. The van der Waals surface area contributed by atoms with Gasteiger partial charge in [0.15, 0.2) is 5.65 Å². The normalized spacial score (nSPS) is 12.6. The van der Waals surface area contributed by atoms with E-state index in [1.807, 2.05) is 53.0 Å². The van der Waals surface area contributed by atoms with E-state index in [0.717, 1.165) is 28.6 Å². The molecule has 2 aromatic rings. The van der Waals surface area contributed by atoms with E-state index in [2.05, 4.69) is 43.8 Å². The summed E-state index contributed by atoms with van der Waals surface area (Å²) >= 11 is 0. The van der Waals surface area contributed by atoms with Crippen molar-refractivity contribution >= 4 is 28.7 Å². The zero-order chi connectivity index (χ0) is 26.4. The predicted octanol–water partition coefficient (Wildman–Crippen LogP) is 4.69. The smallest absolute Gasteiger partial charge is 0.326 e. The summed E-state index contributed by atoms with van der Waals surface area (Å²) in [6, 6.07) is -0.748. The molecule has 1 aliphatic carbocycles. The quantitative estimate of drug-likeness (QED) is 0.430. The third-order valence-corrected chi connectivity index (χ3v) is 4.92. The fourth-order valence-electron chi connectivity index (χ4n) is 3.27. The Morgan fingerprint density at radius 1 is 1.17 bits per heavy atom. The Morgan fingerprint density at radius 3 is 2.47 bits per heavy atom. The first-order valence-corrected chi connectivity index (χ1v) is 11.8. The van der Waals surface area contributed by atoms with Crippen LogP contribution < -0.4 is 16.4 Å². The van der Waals surface area contributed by atoms with E-state index >= 15 is 0 Å². The maximum Gasteiger partial charge on any atom is 0.326 e. The van der Waals surface area contributed by atoms with E-state index in [9.17, 15) is 9.59 Å². The maximum atomic E-state index is 10.6. The highest BCUT2D eigenvalue weighted by molar-refractivity contribution is 5.88. The molecule has 1 atom stereocenters. The first-order chi connectivity index (χ1) is 16.7. The number of carboxylic acid groups (broad SMARTS) is 1. The summed E-state index contributed by atoms with van der Waals surface area (Å²) in [6.45, 7) is 11.9. The molecule has 5 N–H and O–H groups in total. The number of fused-ring (bicyclic) bond motifs is 1. The molecule has 0 fully saturated rings. The minimum absolute atomic E-state index is 0. The molecule has 0 bridgehead atoms. The molecular formula is C27H42N6O3. The Morgan fingerprint density at radius 2 is 1.86 bits per heavy atom. The number of rotatable bonds is 7. The number of aromatic nitrogens is 3. The van der Waals surface area contributed by atoms with E-state index in [1.54, 1.807) is 0 Å². The van der Waals surface area contributed by atoms with E-state index in [-0.39, 0.29) is 19.3 Å². The van der Waals surface area contributed by atoms with E-state index < -0.39 is 12.0 Å². The average Bonchev–Trinajstić information content (AvgIpc) is 3.08. The highest BCUT2D eigenvalue weighted by Gasteiger charge is 2.19. The number of anilines is 1. The van der Waals surface area contributed by atoms with Crippen LogP contribution in [0.1, 0.15) is 66.0 Å². The summed E-state index contributed by atoms with van der Waals surface area (Å²) in [5, 5.41) is 15.3. The monoisotopic (exact) mass is 498 g/mol. The van der Waals surface area contributed by atoms with Crippen LogP contribution in [-0.4, -0.2) is 38.0 Å². The van der Waals surface area contributed by atoms with Crippen LogP contribution >= 0.6 is 0 Å². The van der Waals surface area contributed by atoms with Crippen molar-refractivity contribution in [3.63, 3.8) is 0 Å². The lowest BCUT2D eigenvalue weighted by atomic mass is 10.0. The zero-order valence-corrected chi connectivity index (χ0v) is 21.5. The van der Waals surface area contributed by atoms with Crippen LogP contribution in [-0.2, 0) is 16.1 Å². The van der Waals surface area contributed by atoms with Crippen molar-refractivity contribution in [3.8, 4) is 0 Å². The van der Waals surface area contributed by atoms with E-state index in [4.69, 9.17) is 10.8 Å². The summed E-state index contributed by atoms with van der Waals surface area (Å²) in [4.78, 5) is 33.7. The van der Waals surface area contributed by atoms with Crippen molar-refractivity contribution in [2.45, 2.75) is 74.4 Å². The number of nitrogen functional groups attached to an aromatic ring is 1. The van der Waals surface area contributed by atoms with Crippen LogP contribution in [0, 0.1) is 12.8 Å². The van der Waals surface area contributed by atoms with Crippen LogP contribution in [0.15, 0.2) is 48.6 Å². The maximum absolute atomic E-state index is 10.6. The van der Waals surface area contributed by atoms with Gasteiger partial charge < -0.3 is 21.5 Å². The summed E-state index contributed by atoms with van der Waals surface area (Å²) < 4.78 is 0. The molecule has 9 heteroatoms. The lowest BCUT2D eigenvalue weighted by Crippen LogP contribution is -2.40. The summed E-state index contributed by atoms with van der Waals surface area (Å²) in [6.07, 6.45) is 15.1. The van der Waals surface area contributed by atoms with Gasteiger partial charge in [-0.2, -0.15) is 0 Å². The second kappa shape index (κ2) is 16.8. The standard InChI is InChI=1S/C16H17N5.C8H15NO3.C2H6.CH4/c1-11-12(8-18-13-6-4-2-3-5-7-13)9-19-16-14(11)15(17)20-10-21-16;1-5(2)4-7(8(11)12)9-6(3)10;1-2;/h2-4,6-7,9-10,18H,5,8H2,1H3,(H2,17,19,20,21);5,7H,4H2,1-3H3,(H,9,10)(H,11,12);1-2H3;1H4. The lowest BCUT2D eigenvalue weighted by Gasteiger charge is -2.14. The highest BCUT2D eigenvalue weighted by atomic mass is 16.4. The van der Waals surface area contributed by atoms with E-state index in [1.165, 1.54) is 13.3 Å². The highest BCUT2D eigenvalue weighted by Crippen LogP contribution is 2.22. The molecule has 2 heterocycles. The van der Waals surface area contributed by atoms with Crippen LogP contribution in [0.5, 0.6) is 0 Å². The molecule has 0 aromatic carbocycles. The minimum Gasteiger partial charge on any atom is -0.480 e. The number of carbonyl (C=O) groups excluding carboxylic acids is 1. The molecule has 1 amide bonds. The van der Waals surface area contributed by atoms with Crippen LogP contribution in [0.3, 0.4) is 0 Å². The molecule has 2 aromatic heterocycles. The molecule has 0 aliphatic heterocycles. The Kier molecular flexibility index (Phi) is 15.1. The fourth-order valence-corrected chi connectivity index (χ4v) is 3.27. The van der Waals surface area contributed by atoms with Crippen molar-refractivity contribution < 1.29 is 14.7 Å². The van der Waals surface area contributed by atoms with Gasteiger partial charge in [0.25, 0.3) is 0 Å². The van der Waals surface area contributed by atoms with Gasteiger partial charge in [0.2, 0.25) is 5.91 Å². The predicted molar refractivity (Wildman–Crippen MR) is 147 cm³/mol. The Balaban J connectivity index is 0.000000707. The minimum atomic E-state index is -0.973. The molecule has 198 valence electrons.